The average Bonchev–Trinajstić information content (AvgIpc) is 2.84. The Morgan fingerprint density at radius 2 is 2.04 bits per heavy atom. The average molecular weight is 373 g/mol. The van der Waals surface area contributed by atoms with Gasteiger partial charge >= 0.3 is 0 Å². The zero-order chi connectivity index (χ0) is 17.6. The molecule has 0 aromatic heterocycles. The van der Waals surface area contributed by atoms with Crippen LogP contribution >= 0.6 is 11.6 Å². The first-order valence-electron chi connectivity index (χ1n) is 7.85. The summed E-state index contributed by atoms with van der Waals surface area (Å²) in [6.45, 7) is -0.132. The predicted molar refractivity (Wildman–Crippen MR) is 92.6 cm³/mol. The molecule has 0 aliphatic carbocycles. The van der Waals surface area contributed by atoms with Gasteiger partial charge in [0, 0.05) is 17.5 Å². The monoisotopic (exact) mass is 372 g/mol. The van der Waals surface area contributed by atoms with Crippen LogP contribution in [0.4, 0.5) is 0 Å². The number of nitrogens with one attached hydrogen (secondary N) is 2. The van der Waals surface area contributed by atoms with Crippen molar-refractivity contribution in [1.82, 2.24) is 10.6 Å². The largest absolute Gasteiger partial charge is 0.351 e. The van der Waals surface area contributed by atoms with Crippen molar-refractivity contribution in [3.05, 3.63) is 34.9 Å². The Kier molecular flexibility index (Phi) is 6.62. The highest BCUT2D eigenvalue weighted by molar-refractivity contribution is 7.91. The Morgan fingerprint density at radius 3 is 2.71 bits per heavy atom. The molecule has 1 atom stereocenters. The molecule has 2 amide bonds. The molecule has 0 spiro atoms. The van der Waals surface area contributed by atoms with E-state index in [0.29, 0.717) is 24.3 Å². The molecular formula is C16H21ClN2O4S. The number of hydrogen-bond donors (Lipinski definition) is 2. The van der Waals surface area contributed by atoms with Crippen LogP contribution in [0.5, 0.6) is 0 Å². The summed E-state index contributed by atoms with van der Waals surface area (Å²) in [6, 6.07) is 7.13. The van der Waals surface area contributed by atoms with E-state index in [9.17, 15) is 18.0 Å². The van der Waals surface area contributed by atoms with Crippen molar-refractivity contribution in [1.29, 1.82) is 0 Å². The van der Waals surface area contributed by atoms with E-state index in [1.54, 1.807) is 6.07 Å². The van der Waals surface area contributed by atoms with Crippen LogP contribution in [0.3, 0.4) is 0 Å². The molecule has 0 saturated carbocycles. The highest BCUT2D eigenvalue weighted by Gasteiger charge is 2.28. The first-order chi connectivity index (χ1) is 11.3. The summed E-state index contributed by atoms with van der Waals surface area (Å²) in [5.41, 5.74) is 1.07. The molecule has 1 fully saturated rings. The van der Waals surface area contributed by atoms with Gasteiger partial charge in [0.05, 0.1) is 18.1 Å². The van der Waals surface area contributed by atoms with Crippen LogP contribution in [-0.4, -0.2) is 44.3 Å². The number of sulfone groups is 1. The minimum Gasteiger partial charge on any atom is -0.351 e. The highest BCUT2D eigenvalue weighted by Crippen LogP contribution is 2.13. The fourth-order valence-corrected chi connectivity index (χ4v) is 4.49. The van der Waals surface area contributed by atoms with E-state index in [2.05, 4.69) is 10.6 Å². The Bertz CT molecular complexity index is 706. The molecule has 1 aromatic rings. The number of rotatable bonds is 7. The zero-order valence-corrected chi connectivity index (χ0v) is 14.8. The number of carbonyl (C=O) groups excluding carboxylic acids is 2. The maximum absolute atomic E-state index is 11.7. The van der Waals surface area contributed by atoms with E-state index in [-0.39, 0.29) is 35.9 Å². The molecule has 1 aliphatic rings. The van der Waals surface area contributed by atoms with Crippen molar-refractivity contribution >= 4 is 33.3 Å². The quantitative estimate of drug-likeness (QED) is 0.749. The SMILES string of the molecule is O=C(CCCc1cccc(Cl)c1)NCC(=O)NC1CCS(=O)(=O)C1. The normalized spacial score (nSPS) is 19.0. The lowest BCUT2D eigenvalue weighted by Crippen LogP contribution is -2.42. The number of hydrogen-bond acceptors (Lipinski definition) is 4. The van der Waals surface area contributed by atoms with Crippen LogP contribution in [0.2, 0.25) is 5.02 Å². The molecule has 1 saturated heterocycles. The topological polar surface area (TPSA) is 92.3 Å². The van der Waals surface area contributed by atoms with Crippen LogP contribution in [0, 0.1) is 0 Å². The highest BCUT2D eigenvalue weighted by atomic mass is 35.5. The lowest BCUT2D eigenvalue weighted by atomic mass is 10.1. The number of halogens is 1. The third-order valence-electron chi connectivity index (χ3n) is 3.80. The van der Waals surface area contributed by atoms with Gasteiger partial charge in [-0.05, 0) is 37.0 Å². The van der Waals surface area contributed by atoms with Crippen LogP contribution < -0.4 is 10.6 Å². The van der Waals surface area contributed by atoms with Crippen molar-refractivity contribution < 1.29 is 18.0 Å². The van der Waals surface area contributed by atoms with Gasteiger partial charge in [-0.15, -0.1) is 0 Å². The van der Waals surface area contributed by atoms with E-state index in [4.69, 9.17) is 11.6 Å². The third kappa shape index (κ3) is 6.49. The van der Waals surface area contributed by atoms with E-state index in [1.807, 2.05) is 18.2 Å². The van der Waals surface area contributed by atoms with E-state index < -0.39 is 9.84 Å². The Hall–Kier alpha value is -1.60. The lowest BCUT2D eigenvalue weighted by Gasteiger charge is -2.11. The van der Waals surface area contributed by atoms with E-state index in [0.717, 1.165) is 12.0 Å². The smallest absolute Gasteiger partial charge is 0.239 e. The van der Waals surface area contributed by atoms with Crippen molar-refractivity contribution in [2.75, 3.05) is 18.1 Å². The second kappa shape index (κ2) is 8.48. The van der Waals surface area contributed by atoms with E-state index >= 15 is 0 Å². The Morgan fingerprint density at radius 1 is 1.25 bits per heavy atom. The molecular weight excluding hydrogens is 352 g/mol. The number of aryl methyl sites for hydroxylation is 1. The third-order valence-corrected chi connectivity index (χ3v) is 5.81. The molecule has 0 bridgehead atoms. The van der Waals surface area contributed by atoms with Gasteiger partial charge in [-0.2, -0.15) is 0 Å². The molecule has 1 unspecified atom stereocenters. The summed E-state index contributed by atoms with van der Waals surface area (Å²) < 4.78 is 22.6. The Labute approximate surface area is 146 Å². The minimum absolute atomic E-state index is 0.0215. The molecule has 2 N–H and O–H groups in total. The first kappa shape index (κ1) is 18.7. The fraction of sp³-hybridized carbons (Fsp3) is 0.500. The zero-order valence-electron chi connectivity index (χ0n) is 13.3. The lowest BCUT2D eigenvalue weighted by molar-refractivity contribution is -0.126. The molecule has 24 heavy (non-hydrogen) atoms. The second-order valence-corrected chi connectivity index (χ2v) is 8.59. The summed E-state index contributed by atoms with van der Waals surface area (Å²) in [5, 5.41) is 5.85. The van der Waals surface area contributed by atoms with Crippen molar-refractivity contribution in [2.45, 2.75) is 31.7 Å². The van der Waals surface area contributed by atoms with Crippen molar-refractivity contribution in [2.24, 2.45) is 0 Å². The molecule has 1 aliphatic heterocycles. The number of amides is 2. The van der Waals surface area contributed by atoms with Crippen LogP contribution in [0.1, 0.15) is 24.8 Å². The molecule has 0 radical (unpaired) electrons. The van der Waals surface area contributed by atoms with Gasteiger partial charge in [0.1, 0.15) is 0 Å². The molecule has 1 heterocycles. The Balaban J connectivity index is 1.61. The van der Waals surface area contributed by atoms with Crippen LogP contribution in [-0.2, 0) is 25.8 Å². The standard InChI is InChI=1S/C16H21ClN2O4S/c17-13-5-1-3-12(9-13)4-2-6-15(20)18-10-16(21)19-14-7-8-24(22,23)11-14/h1,3,5,9,14H,2,4,6-8,10-11H2,(H,18,20)(H,19,21). The van der Waals surface area contributed by atoms with Crippen LogP contribution in [0.25, 0.3) is 0 Å². The van der Waals surface area contributed by atoms with Gasteiger partial charge in [0.2, 0.25) is 11.8 Å². The summed E-state index contributed by atoms with van der Waals surface area (Å²) in [4.78, 5) is 23.4. The maximum Gasteiger partial charge on any atom is 0.239 e. The minimum atomic E-state index is -3.03. The van der Waals surface area contributed by atoms with Gasteiger partial charge in [-0.3, -0.25) is 9.59 Å². The van der Waals surface area contributed by atoms with Gasteiger partial charge in [0.15, 0.2) is 9.84 Å². The maximum atomic E-state index is 11.7. The van der Waals surface area contributed by atoms with Crippen molar-refractivity contribution in [3.8, 4) is 0 Å². The van der Waals surface area contributed by atoms with Gasteiger partial charge < -0.3 is 10.6 Å². The summed E-state index contributed by atoms with van der Waals surface area (Å²) in [5.74, 6) is -0.480. The molecule has 6 nitrogen and oxygen atoms in total. The van der Waals surface area contributed by atoms with Gasteiger partial charge in [-0.1, -0.05) is 23.7 Å². The molecule has 8 heteroatoms. The first-order valence-corrected chi connectivity index (χ1v) is 10.0. The number of benzene rings is 1. The van der Waals surface area contributed by atoms with E-state index in [1.165, 1.54) is 0 Å². The summed E-state index contributed by atoms with van der Waals surface area (Å²) in [7, 11) is -3.03. The van der Waals surface area contributed by atoms with Crippen molar-refractivity contribution in [3.63, 3.8) is 0 Å². The fourth-order valence-electron chi connectivity index (χ4n) is 2.60. The van der Waals surface area contributed by atoms with Gasteiger partial charge in [-0.25, -0.2) is 8.42 Å². The second-order valence-electron chi connectivity index (χ2n) is 5.93. The predicted octanol–water partition coefficient (Wildman–Crippen LogP) is 1.08. The molecule has 1 aromatic carbocycles. The summed E-state index contributed by atoms with van der Waals surface area (Å²) in [6.07, 6.45) is 2.15. The molecule has 132 valence electrons. The summed E-state index contributed by atoms with van der Waals surface area (Å²) >= 11 is 5.90. The molecule has 2 rings (SSSR count). The van der Waals surface area contributed by atoms with Gasteiger partial charge in [0.25, 0.3) is 0 Å². The number of carbonyl (C=O) groups is 2. The van der Waals surface area contributed by atoms with Crippen LogP contribution in [0.15, 0.2) is 24.3 Å².